The highest BCUT2D eigenvalue weighted by atomic mass is 79.9. The van der Waals surface area contributed by atoms with Crippen LogP contribution in [-0.4, -0.2) is 50.4 Å². The first kappa shape index (κ1) is 36.4. The highest BCUT2D eigenvalue weighted by Crippen LogP contribution is 2.29. The molecule has 8 nitrogen and oxygen atoms in total. The molecule has 5 rings (SSSR count). The van der Waals surface area contributed by atoms with Crippen molar-refractivity contribution in [3.05, 3.63) is 124 Å². The fourth-order valence-electron chi connectivity index (χ4n) is 6.05. The predicted molar refractivity (Wildman–Crippen MR) is 197 cm³/mol. The van der Waals surface area contributed by atoms with Gasteiger partial charge < -0.3 is 15.0 Å². The first-order valence-electron chi connectivity index (χ1n) is 16.5. The van der Waals surface area contributed by atoms with Gasteiger partial charge in [0.25, 0.3) is 10.0 Å². The quantitative estimate of drug-likeness (QED) is 0.142. The standard InChI is InChI=1S/C38H41BrClN3O5S/c1-2-48-33-21-19-32(20-22-33)43(49(46,47)34-23-17-30(39)18-24-34)27-37(44)42(26-29-13-9-10-16-35(29)40)36(25-28-11-5-3-6-12-28)38(45)41-31-14-7-4-8-15-31/h3,5-6,9-13,16-24,31,36H,2,4,7-8,14-15,25-27H2,1H3,(H,41,45)/t36-/m0/s1. The minimum absolute atomic E-state index is 0.00351. The van der Waals surface area contributed by atoms with Gasteiger partial charge in [-0.05, 0) is 85.5 Å². The number of carbonyl (C=O) groups excluding carboxylic acids is 2. The lowest BCUT2D eigenvalue weighted by atomic mass is 9.94. The van der Waals surface area contributed by atoms with Gasteiger partial charge in [0.2, 0.25) is 11.8 Å². The zero-order valence-electron chi connectivity index (χ0n) is 27.4. The van der Waals surface area contributed by atoms with Crippen molar-refractivity contribution >= 4 is 55.1 Å². The number of nitrogens with one attached hydrogen (secondary N) is 1. The summed E-state index contributed by atoms with van der Waals surface area (Å²) in [4.78, 5) is 30.5. The summed E-state index contributed by atoms with van der Waals surface area (Å²) in [5, 5.41) is 3.67. The fourth-order valence-corrected chi connectivity index (χ4v) is 7.92. The number of anilines is 1. The lowest BCUT2D eigenvalue weighted by molar-refractivity contribution is -0.140. The topological polar surface area (TPSA) is 96.0 Å². The van der Waals surface area contributed by atoms with Gasteiger partial charge in [-0.3, -0.25) is 13.9 Å². The molecule has 0 bridgehead atoms. The molecule has 49 heavy (non-hydrogen) atoms. The van der Waals surface area contributed by atoms with Gasteiger partial charge in [-0.2, -0.15) is 0 Å². The molecule has 0 saturated heterocycles. The number of hydrogen-bond donors (Lipinski definition) is 1. The molecule has 0 heterocycles. The van der Waals surface area contributed by atoms with E-state index in [-0.39, 0.29) is 35.5 Å². The van der Waals surface area contributed by atoms with E-state index in [1.54, 1.807) is 48.5 Å². The second kappa shape index (κ2) is 17.2. The predicted octanol–water partition coefficient (Wildman–Crippen LogP) is 7.79. The molecule has 0 spiro atoms. The second-order valence-corrected chi connectivity index (χ2v) is 15.2. The van der Waals surface area contributed by atoms with Crippen molar-refractivity contribution in [3.8, 4) is 5.75 Å². The molecule has 4 aromatic rings. The Morgan fingerprint density at radius 2 is 1.55 bits per heavy atom. The smallest absolute Gasteiger partial charge is 0.264 e. The van der Waals surface area contributed by atoms with Crippen molar-refractivity contribution in [2.24, 2.45) is 0 Å². The molecule has 258 valence electrons. The Kier molecular flexibility index (Phi) is 12.8. The van der Waals surface area contributed by atoms with Gasteiger partial charge in [0.1, 0.15) is 18.3 Å². The average molecular weight is 767 g/mol. The summed E-state index contributed by atoms with van der Waals surface area (Å²) in [6.45, 7) is 1.75. The molecule has 1 N–H and O–H groups in total. The molecule has 4 aromatic carbocycles. The van der Waals surface area contributed by atoms with E-state index in [1.807, 2.05) is 49.4 Å². The molecule has 0 aromatic heterocycles. The van der Waals surface area contributed by atoms with Gasteiger partial charge in [0.05, 0.1) is 17.2 Å². The van der Waals surface area contributed by atoms with Crippen LogP contribution in [0.2, 0.25) is 5.02 Å². The lowest BCUT2D eigenvalue weighted by Crippen LogP contribution is -2.55. The molecule has 0 radical (unpaired) electrons. The third-order valence-corrected chi connectivity index (χ3v) is 11.3. The van der Waals surface area contributed by atoms with E-state index < -0.39 is 28.5 Å². The van der Waals surface area contributed by atoms with Crippen LogP contribution in [0, 0.1) is 0 Å². The van der Waals surface area contributed by atoms with Crippen LogP contribution in [0.5, 0.6) is 5.75 Å². The largest absolute Gasteiger partial charge is 0.494 e. The van der Waals surface area contributed by atoms with E-state index >= 15 is 0 Å². The maximum Gasteiger partial charge on any atom is 0.264 e. The first-order valence-corrected chi connectivity index (χ1v) is 19.1. The summed E-state index contributed by atoms with van der Waals surface area (Å²) >= 11 is 9.99. The van der Waals surface area contributed by atoms with Crippen LogP contribution in [0.15, 0.2) is 112 Å². The van der Waals surface area contributed by atoms with Gasteiger partial charge in [0, 0.05) is 28.5 Å². The van der Waals surface area contributed by atoms with Crippen LogP contribution in [0.4, 0.5) is 5.69 Å². The lowest BCUT2D eigenvalue weighted by Gasteiger charge is -2.35. The Morgan fingerprint density at radius 1 is 0.898 bits per heavy atom. The van der Waals surface area contributed by atoms with Gasteiger partial charge in [-0.15, -0.1) is 0 Å². The third kappa shape index (κ3) is 9.65. The molecule has 1 atom stereocenters. The van der Waals surface area contributed by atoms with Crippen molar-refractivity contribution in [1.82, 2.24) is 10.2 Å². The molecule has 1 saturated carbocycles. The van der Waals surface area contributed by atoms with Crippen LogP contribution in [0.25, 0.3) is 0 Å². The third-order valence-electron chi connectivity index (χ3n) is 8.64. The number of carbonyl (C=O) groups is 2. The van der Waals surface area contributed by atoms with Crippen LogP contribution in [0.3, 0.4) is 0 Å². The minimum atomic E-state index is -4.24. The number of nitrogens with zero attached hydrogens (tertiary/aromatic N) is 2. The molecular weight excluding hydrogens is 726 g/mol. The number of ether oxygens (including phenoxy) is 1. The monoisotopic (exact) mass is 765 g/mol. The Bertz CT molecular complexity index is 1800. The summed E-state index contributed by atoms with van der Waals surface area (Å²) < 4.78 is 36.0. The summed E-state index contributed by atoms with van der Waals surface area (Å²) in [6.07, 6.45) is 5.17. The van der Waals surface area contributed by atoms with Crippen molar-refractivity contribution in [2.75, 3.05) is 17.5 Å². The second-order valence-electron chi connectivity index (χ2n) is 12.1. The molecule has 2 amide bonds. The summed E-state index contributed by atoms with van der Waals surface area (Å²) in [7, 11) is -4.24. The number of amides is 2. The summed E-state index contributed by atoms with van der Waals surface area (Å²) in [6, 6.07) is 28.6. The molecule has 1 aliphatic carbocycles. The molecule has 0 unspecified atom stereocenters. The van der Waals surface area contributed by atoms with E-state index in [0.717, 1.165) is 42.0 Å². The van der Waals surface area contributed by atoms with Crippen molar-refractivity contribution in [3.63, 3.8) is 0 Å². The average Bonchev–Trinajstić information content (AvgIpc) is 3.11. The Labute approximate surface area is 302 Å². The van der Waals surface area contributed by atoms with E-state index in [9.17, 15) is 18.0 Å². The number of hydrogen-bond acceptors (Lipinski definition) is 5. The zero-order valence-corrected chi connectivity index (χ0v) is 30.6. The van der Waals surface area contributed by atoms with Crippen molar-refractivity contribution < 1.29 is 22.7 Å². The van der Waals surface area contributed by atoms with Gasteiger partial charge in [-0.25, -0.2) is 8.42 Å². The Morgan fingerprint density at radius 3 is 2.20 bits per heavy atom. The number of halogens is 2. The maximum atomic E-state index is 14.7. The molecule has 11 heteroatoms. The highest BCUT2D eigenvalue weighted by molar-refractivity contribution is 9.10. The molecule has 1 aliphatic rings. The van der Waals surface area contributed by atoms with Crippen molar-refractivity contribution in [1.29, 1.82) is 0 Å². The van der Waals surface area contributed by atoms with E-state index in [2.05, 4.69) is 21.2 Å². The van der Waals surface area contributed by atoms with Crippen LogP contribution < -0.4 is 14.4 Å². The molecule has 0 aliphatic heterocycles. The van der Waals surface area contributed by atoms with Gasteiger partial charge in [-0.1, -0.05) is 95.3 Å². The minimum Gasteiger partial charge on any atom is -0.494 e. The van der Waals surface area contributed by atoms with Gasteiger partial charge >= 0.3 is 0 Å². The highest BCUT2D eigenvalue weighted by Gasteiger charge is 2.35. The van der Waals surface area contributed by atoms with E-state index in [0.29, 0.717) is 27.4 Å². The number of rotatable bonds is 14. The normalized spacial score (nSPS) is 14.1. The van der Waals surface area contributed by atoms with E-state index in [1.165, 1.54) is 17.0 Å². The summed E-state index contributed by atoms with van der Waals surface area (Å²) in [5.74, 6) is -0.255. The van der Waals surface area contributed by atoms with Crippen LogP contribution >= 0.6 is 27.5 Å². The first-order chi connectivity index (χ1) is 23.7. The maximum absolute atomic E-state index is 14.7. The molecule has 1 fully saturated rings. The zero-order chi connectivity index (χ0) is 34.8. The molecular formula is C38H41BrClN3O5S. The van der Waals surface area contributed by atoms with Crippen molar-refractivity contribution in [2.45, 2.75) is 69.0 Å². The number of sulfonamides is 1. The number of benzene rings is 4. The van der Waals surface area contributed by atoms with Gasteiger partial charge in [0.15, 0.2) is 0 Å². The fraction of sp³-hybridized carbons (Fsp3) is 0.316. The Hall–Kier alpha value is -3.86. The Balaban J connectivity index is 1.57. The SMILES string of the molecule is CCOc1ccc(N(CC(=O)N(Cc2ccccc2Cl)[C@@H](Cc2ccccc2)C(=O)NC2CCCCC2)S(=O)(=O)c2ccc(Br)cc2)cc1. The van der Waals surface area contributed by atoms with Crippen LogP contribution in [0.1, 0.15) is 50.2 Å². The van der Waals surface area contributed by atoms with E-state index in [4.69, 9.17) is 16.3 Å². The van der Waals surface area contributed by atoms with Crippen LogP contribution in [-0.2, 0) is 32.6 Å². The summed E-state index contributed by atoms with van der Waals surface area (Å²) in [5.41, 5.74) is 1.79.